The fraction of sp³-hybridized carbons (Fsp3) is 0.434. The van der Waals surface area contributed by atoms with Crippen molar-refractivity contribution in [2.45, 2.75) is 208 Å². The third-order valence-electron chi connectivity index (χ3n) is 22.2. The molecule has 9 N–H and O–H groups in total. The molecule has 6 fully saturated rings. The van der Waals surface area contributed by atoms with Gasteiger partial charge in [0.2, 0.25) is 5.75 Å². The number of rotatable bonds is 16. The zero-order chi connectivity index (χ0) is 85.0. The minimum absolute atomic E-state index is 0.0568. The molecule has 0 spiro atoms. The Balaban J connectivity index is 0.000000154. The molecule has 0 aromatic heterocycles. The molecule has 6 aliphatic rings. The highest BCUT2D eigenvalue weighted by molar-refractivity contribution is 7.99. The quantitative estimate of drug-likeness (QED) is 0.0417. The molecule has 10 aromatic carbocycles. The summed E-state index contributed by atoms with van der Waals surface area (Å²) in [5.74, 6) is 18.8. The van der Waals surface area contributed by atoms with Gasteiger partial charge in [-0.1, -0.05) is 57.0 Å². The third-order valence-corrected chi connectivity index (χ3v) is 39.8. The summed E-state index contributed by atoms with van der Waals surface area (Å²) in [6, 6.07) is 53.3. The van der Waals surface area contributed by atoms with Crippen LogP contribution in [0.4, 0.5) is 0 Å². The predicted molar refractivity (Wildman–Crippen MR) is 518 cm³/mol. The Morgan fingerprint density at radius 3 is 1.16 bits per heavy atom. The van der Waals surface area contributed by atoms with Crippen molar-refractivity contribution in [2.24, 2.45) is 0 Å². The summed E-state index contributed by atoms with van der Waals surface area (Å²) >= 11 is 0. The number of aryl methyl sites for hydroxylation is 6. The number of unbranched alkanes of at least 4 members (excludes halogenated alkanes) is 2. The normalized spacial score (nSPS) is 16.7. The van der Waals surface area contributed by atoms with E-state index in [1.807, 2.05) is 58.0 Å². The molecule has 6 heterocycles. The van der Waals surface area contributed by atoms with Crippen molar-refractivity contribution in [3.63, 3.8) is 0 Å². The molecule has 2 atom stereocenters. The molecule has 6 saturated heterocycles. The molecule has 10 aromatic rings. The highest BCUT2D eigenvalue weighted by Crippen LogP contribution is 2.42. The Morgan fingerprint density at radius 2 is 0.737 bits per heavy atom. The first-order chi connectivity index (χ1) is 56.8. The summed E-state index contributed by atoms with van der Waals surface area (Å²) in [5.41, 5.74) is 6.51. The number of phenolic OH excluding ortho intramolecular Hbond substituents is 9. The van der Waals surface area contributed by atoms with Crippen molar-refractivity contribution in [1.29, 1.82) is 0 Å². The molecule has 0 saturated carbocycles. The van der Waals surface area contributed by atoms with Crippen LogP contribution in [0.3, 0.4) is 0 Å². The van der Waals surface area contributed by atoms with E-state index in [0.717, 1.165) is 61.4 Å². The van der Waals surface area contributed by atoms with E-state index in [9.17, 15) is 40.9 Å². The summed E-state index contributed by atoms with van der Waals surface area (Å²) in [6.45, 7) is 14.8. The number of benzene rings is 10. The fourth-order valence-corrected chi connectivity index (χ4v) is 31.9. The summed E-state index contributed by atoms with van der Waals surface area (Å²) in [5, 5.41) is 91.5. The second-order valence-corrected chi connectivity index (χ2v) is 49.5. The van der Waals surface area contributed by atoms with Crippen molar-refractivity contribution < 1.29 is 55.4 Å². The summed E-state index contributed by atoms with van der Waals surface area (Å²) in [4.78, 5) is 10.9. The topological polar surface area (TPSA) is 201 Å². The molecule has 6 aliphatic heterocycles. The molecular formula is C99H134O11S8+8. The van der Waals surface area contributed by atoms with Gasteiger partial charge in [-0.2, -0.15) is 0 Å². The van der Waals surface area contributed by atoms with E-state index >= 15 is 0 Å². The van der Waals surface area contributed by atoms with Crippen LogP contribution in [0.2, 0.25) is 0 Å². The minimum Gasteiger partial charge on any atom is -0.508 e. The van der Waals surface area contributed by atoms with E-state index in [4.69, 9.17) is 14.6 Å². The average Bonchev–Trinajstić information content (AvgIpc) is 1.11. The van der Waals surface area contributed by atoms with E-state index in [1.165, 1.54) is 207 Å². The van der Waals surface area contributed by atoms with Gasteiger partial charge in [-0.25, -0.2) is 0 Å². The van der Waals surface area contributed by atoms with Crippen LogP contribution in [0, 0.1) is 27.7 Å². The van der Waals surface area contributed by atoms with Crippen LogP contribution in [0.5, 0.6) is 63.2 Å². The van der Waals surface area contributed by atoms with E-state index < -0.39 is 0 Å². The number of fused-ring (bicyclic) bond motifs is 2. The van der Waals surface area contributed by atoms with Crippen LogP contribution in [0.25, 0.3) is 21.5 Å². The van der Waals surface area contributed by atoms with Gasteiger partial charge in [0.05, 0.1) is 19.6 Å². The molecule has 19 heteroatoms. The molecule has 2 unspecified atom stereocenters. The van der Waals surface area contributed by atoms with Gasteiger partial charge >= 0.3 is 0 Å². The van der Waals surface area contributed by atoms with Crippen LogP contribution in [0.1, 0.15) is 157 Å². The first kappa shape index (κ1) is 95.2. The van der Waals surface area contributed by atoms with E-state index in [0.29, 0.717) is 105 Å². The Bertz CT molecular complexity index is 4660. The summed E-state index contributed by atoms with van der Waals surface area (Å²) < 4.78 is 10.3. The van der Waals surface area contributed by atoms with Crippen molar-refractivity contribution in [3.05, 3.63) is 197 Å². The second-order valence-electron chi connectivity index (χ2n) is 31.4. The second kappa shape index (κ2) is 48.2. The molecule has 11 nitrogen and oxygen atoms in total. The van der Waals surface area contributed by atoms with Crippen molar-refractivity contribution in [3.8, 4) is 63.2 Å². The van der Waals surface area contributed by atoms with Gasteiger partial charge in [0.15, 0.2) is 50.7 Å². The van der Waals surface area contributed by atoms with Crippen LogP contribution >= 0.6 is 0 Å². The Hall–Kier alpha value is -6.68. The number of hydrogen-bond acceptors (Lipinski definition) is 11. The van der Waals surface area contributed by atoms with Gasteiger partial charge in [-0.05, 0) is 280 Å². The lowest BCUT2D eigenvalue weighted by atomic mass is 10.0. The molecule has 0 aliphatic carbocycles. The van der Waals surface area contributed by atoms with Gasteiger partial charge in [0, 0.05) is 128 Å². The first-order valence-corrected chi connectivity index (χ1v) is 55.5. The third kappa shape index (κ3) is 27.2. The zero-order valence-corrected chi connectivity index (χ0v) is 78.8. The van der Waals surface area contributed by atoms with E-state index in [-0.39, 0.29) is 50.5 Å². The maximum absolute atomic E-state index is 10.5. The zero-order valence-electron chi connectivity index (χ0n) is 72.3. The van der Waals surface area contributed by atoms with Crippen molar-refractivity contribution in [2.75, 3.05) is 103 Å². The molecule has 118 heavy (non-hydrogen) atoms. The van der Waals surface area contributed by atoms with Gasteiger partial charge in [-0.15, -0.1) is 0 Å². The van der Waals surface area contributed by atoms with E-state index in [1.54, 1.807) is 73.7 Å². The predicted octanol–water partition coefficient (Wildman–Crippen LogP) is 22.6. The number of hydrogen-bond donors (Lipinski definition) is 9. The van der Waals surface area contributed by atoms with Crippen molar-refractivity contribution in [1.82, 2.24) is 0 Å². The Kier molecular flexibility index (Phi) is 38.9. The van der Waals surface area contributed by atoms with Gasteiger partial charge in [-0.3, -0.25) is 0 Å². The van der Waals surface area contributed by atoms with Gasteiger partial charge < -0.3 is 55.4 Å². The Morgan fingerprint density at radius 1 is 0.339 bits per heavy atom. The Labute approximate surface area is 729 Å². The molecular weight excluding hydrogens is 1620 g/mol. The lowest BCUT2D eigenvalue weighted by Crippen LogP contribution is -2.13. The maximum Gasteiger partial charge on any atom is 0.201 e. The number of phenols is 9. The summed E-state index contributed by atoms with van der Waals surface area (Å²) in [6.07, 6.45) is 31.7. The smallest absolute Gasteiger partial charge is 0.201 e. The van der Waals surface area contributed by atoms with Gasteiger partial charge in [0.25, 0.3) is 0 Å². The van der Waals surface area contributed by atoms with E-state index in [2.05, 4.69) is 125 Å². The molecule has 0 amide bonds. The maximum atomic E-state index is 10.5. The summed E-state index contributed by atoms with van der Waals surface area (Å²) in [7, 11) is 6.05. The lowest BCUT2D eigenvalue weighted by Gasteiger charge is -2.12. The monoisotopic (exact) mass is 1750 g/mol. The number of methoxy groups -OCH3 is 2. The van der Waals surface area contributed by atoms with Gasteiger partial charge in [0.1, 0.15) is 140 Å². The van der Waals surface area contributed by atoms with Crippen molar-refractivity contribution >= 4 is 109 Å². The van der Waals surface area contributed by atoms with Crippen LogP contribution < -0.4 is 9.47 Å². The number of aromatic hydroxyl groups is 9. The largest absolute Gasteiger partial charge is 0.508 e. The molecule has 0 bridgehead atoms. The average molecular weight is 1760 g/mol. The fourth-order valence-electron chi connectivity index (χ4n) is 15.5. The standard InChI is InChI=1S/C18H28OS.C13H18OS.C12H16O3S.2C12H12O2S.C12H16OS.C10H12OS.C10H13S/c1-3-5-9-15-13-17(20-11-7-8-12-20)14-16(18(15)19)10-6-4-2;1-9-7-12(8-10(2)13(9)14)15-6-4-5-11(15)3;1-14-10-7-9(16-5-3-4-6-16)8-11(15-2)12(10)13;1-15(2)12-6-5-11(14)9-4-3-8(13)7-10(9)12;1-15(2)11-7-6-9(13)8-4-3-5-10(14)12(8)11;1-9-7-11(8-10(2)12(9)13)14-5-3-4-6-14;11-9-3-5-10(6-4-9)12-7-1-2-8-12;1-2-6-10(7-3-1)11-8-4-5-9-11/h13-14H,3-12H2,1-2H3;7-8,11H,4-6H2,1-3H3;7-8H,3-6H2,1-2H3;2*3-7H,1-2H3,(H-,13,14);7-8H,3-6H2,1-2H3;3-6H,1-2,7-8H2;1-3,6-7H,4-5,8-9H2/q;;;;;;;+1/p+7. The van der Waals surface area contributed by atoms with Crippen LogP contribution in [0.15, 0.2) is 203 Å². The highest BCUT2D eigenvalue weighted by Gasteiger charge is 2.37. The molecule has 636 valence electrons. The SMILES string of the molecule is CCCCc1cc([S+]2CCCC2)cc(CCCC)c1O.COc1cc([S+]2CCCC2)cc(OC)c1O.C[S+](C)c1ccc(O)c2ccc(O)cc12.C[S+](C)c1ccc(O)c2cccc(O)c12.Cc1cc([S+]2CCCC2)cc(C)c1O.Cc1cc([S+]2CCCC2C)cc(C)c1O.Oc1ccc([S+]2CCCC2)cc1.c1ccc([S+]2CCCC2)cc1. The highest BCUT2D eigenvalue weighted by atomic mass is 32.2. The lowest BCUT2D eigenvalue weighted by molar-refractivity contribution is 0.338. The first-order valence-electron chi connectivity index (χ1n) is 42.2. The number of ether oxygens (including phenoxy) is 2. The molecule has 0 radical (unpaired) electrons. The minimum atomic E-state index is 0.0568. The van der Waals surface area contributed by atoms with Crippen LogP contribution in [-0.2, 0) is 100 Å². The van der Waals surface area contributed by atoms with Crippen LogP contribution in [-0.4, -0.2) is 154 Å². The molecule has 16 rings (SSSR count).